The van der Waals surface area contributed by atoms with Gasteiger partial charge in [0, 0.05) is 11.4 Å². The molecule has 0 radical (unpaired) electrons. The Kier molecular flexibility index (Phi) is 5.48. The van der Waals surface area contributed by atoms with E-state index in [9.17, 15) is 9.59 Å². The average molecular weight is 344 g/mol. The van der Waals surface area contributed by atoms with Crippen molar-refractivity contribution in [3.05, 3.63) is 52.7 Å². The fourth-order valence-electron chi connectivity index (χ4n) is 2.83. The smallest absolute Gasteiger partial charge is 0.258 e. The Morgan fingerprint density at radius 2 is 2.04 bits per heavy atom. The van der Waals surface area contributed by atoms with Crippen LogP contribution in [0.4, 0.5) is 0 Å². The van der Waals surface area contributed by atoms with Crippen molar-refractivity contribution in [2.45, 2.75) is 18.9 Å². The predicted octanol–water partition coefficient (Wildman–Crippen LogP) is 2.61. The summed E-state index contributed by atoms with van der Waals surface area (Å²) in [5, 5.41) is 4.67. The van der Waals surface area contributed by atoms with Crippen LogP contribution in [0.25, 0.3) is 0 Å². The molecule has 0 bridgehead atoms. The lowest BCUT2D eigenvalue weighted by atomic mass is 10.2. The Morgan fingerprint density at radius 3 is 2.79 bits per heavy atom. The van der Waals surface area contributed by atoms with Crippen molar-refractivity contribution in [3.8, 4) is 5.75 Å². The number of amides is 2. The summed E-state index contributed by atoms with van der Waals surface area (Å²) in [5.41, 5.74) is 0. The van der Waals surface area contributed by atoms with E-state index >= 15 is 0 Å². The SMILES string of the molecule is O=C(COc1ccccc1)NCC(=O)N1CCCC1c1cccs1. The highest BCUT2D eigenvalue weighted by molar-refractivity contribution is 7.10. The second kappa shape index (κ2) is 7.97. The largest absolute Gasteiger partial charge is 0.484 e. The number of ether oxygens (including phenoxy) is 1. The zero-order chi connectivity index (χ0) is 16.8. The predicted molar refractivity (Wildman–Crippen MR) is 93.0 cm³/mol. The van der Waals surface area contributed by atoms with Crippen LogP contribution < -0.4 is 10.1 Å². The summed E-state index contributed by atoms with van der Waals surface area (Å²) in [6, 6.07) is 13.4. The van der Waals surface area contributed by atoms with Crippen molar-refractivity contribution in [2.24, 2.45) is 0 Å². The molecule has 1 aromatic carbocycles. The average Bonchev–Trinajstić information content (AvgIpc) is 3.29. The highest BCUT2D eigenvalue weighted by atomic mass is 32.1. The van der Waals surface area contributed by atoms with Gasteiger partial charge in [-0.2, -0.15) is 0 Å². The van der Waals surface area contributed by atoms with Gasteiger partial charge in [-0.25, -0.2) is 0 Å². The van der Waals surface area contributed by atoms with E-state index in [1.807, 2.05) is 34.5 Å². The zero-order valence-electron chi connectivity index (χ0n) is 13.3. The molecule has 1 N–H and O–H groups in total. The maximum Gasteiger partial charge on any atom is 0.258 e. The first-order valence-corrected chi connectivity index (χ1v) is 8.89. The van der Waals surface area contributed by atoms with Gasteiger partial charge in [0.25, 0.3) is 5.91 Å². The van der Waals surface area contributed by atoms with E-state index in [2.05, 4.69) is 11.4 Å². The van der Waals surface area contributed by atoms with Gasteiger partial charge in [-0.3, -0.25) is 9.59 Å². The van der Waals surface area contributed by atoms with E-state index < -0.39 is 0 Å². The van der Waals surface area contributed by atoms with Crippen LogP contribution in [-0.4, -0.2) is 36.4 Å². The van der Waals surface area contributed by atoms with Gasteiger partial charge >= 0.3 is 0 Å². The van der Waals surface area contributed by atoms with Crippen LogP contribution in [0.3, 0.4) is 0 Å². The lowest BCUT2D eigenvalue weighted by Gasteiger charge is -2.24. The van der Waals surface area contributed by atoms with E-state index in [1.165, 1.54) is 4.88 Å². The fourth-order valence-corrected chi connectivity index (χ4v) is 3.71. The quantitative estimate of drug-likeness (QED) is 0.876. The van der Waals surface area contributed by atoms with Crippen molar-refractivity contribution >= 4 is 23.2 Å². The second-order valence-corrected chi connectivity index (χ2v) is 6.62. The molecular weight excluding hydrogens is 324 g/mol. The first kappa shape index (κ1) is 16.5. The minimum Gasteiger partial charge on any atom is -0.484 e. The van der Waals surface area contributed by atoms with E-state index in [-0.39, 0.29) is 31.0 Å². The summed E-state index contributed by atoms with van der Waals surface area (Å²) in [6.45, 7) is 0.669. The number of likely N-dealkylation sites (tertiary alicyclic amines) is 1. The molecule has 1 aliphatic rings. The Morgan fingerprint density at radius 1 is 1.21 bits per heavy atom. The van der Waals surface area contributed by atoms with Gasteiger partial charge in [0.2, 0.25) is 5.91 Å². The maximum atomic E-state index is 12.4. The molecule has 2 amide bonds. The van der Waals surface area contributed by atoms with Gasteiger partial charge in [-0.1, -0.05) is 24.3 Å². The van der Waals surface area contributed by atoms with Gasteiger partial charge in [0.15, 0.2) is 6.61 Å². The van der Waals surface area contributed by atoms with Crippen LogP contribution in [0.2, 0.25) is 0 Å². The van der Waals surface area contributed by atoms with E-state index in [4.69, 9.17) is 4.74 Å². The van der Waals surface area contributed by atoms with Crippen LogP contribution in [0, 0.1) is 0 Å². The number of hydrogen-bond donors (Lipinski definition) is 1. The number of para-hydroxylation sites is 1. The van der Waals surface area contributed by atoms with E-state index in [0.29, 0.717) is 5.75 Å². The lowest BCUT2D eigenvalue weighted by molar-refractivity contribution is -0.134. The molecule has 0 aliphatic carbocycles. The molecule has 2 aromatic rings. The number of carbonyl (C=O) groups is 2. The van der Waals surface area contributed by atoms with Gasteiger partial charge in [-0.05, 0) is 36.4 Å². The normalized spacial score (nSPS) is 16.8. The molecular formula is C18H20N2O3S. The van der Waals surface area contributed by atoms with Crippen LogP contribution in [0.15, 0.2) is 47.8 Å². The Balaban J connectivity index is 1.45. The van der Waals surface area contributed by atoms with Crippen molar-refractivity contribution in [2.75, 3.05) is 19.7 Å². The molecule has 5 nitrogen and oxygen atoms in total. The number of rotatable bonds is 6. The fraction of sp³-hybridized carbons (Fsp3) is 0.333. The number of nitrogens with zero attached hydrogens (tertiary/aromatic N) is 1. The topological polar surface area (TPSA) is 58.6 Å². The molecule has 0 spiro atoms. The molecule has 24 heavy (non-hydrogen) atoms. The summed E-state index contributed by atoms with van der Waals surface area (Å²) < 4.78 is 5.37. The second-order valence-electron chi connectivity index (χ2n) is 5.64. The number of nitrogens with one attached hydrogen (secondary N) is 1. The third kappa shape index (κ3) is 4.14. The third-order valence-electron chi connectivity index (χ3n) is 3.99. The molecule has 2 heterocycles. The summed E-state index contributed by atoms with van der Waals surface area (Å²) in [6.07, 6.45) is 1.98. The van der Waals surface area contributed by atoms with Crippen LogP contribution >= 0.6 is 11.3 Å². The van der Waals surface area contributed by atoms with Crippen LogP contribution in [-0.2, 0) is 9.59 Å². The molecule has 6 heteroatoms. The number of benzene rings is 1. The van der Waals surface area contributed by atoms with Gasteiger partial charge in [0.1, 0.15) is 5.75 Å². The van der Waals surface area contributed by atoms with Crippen LogP contribution in [0.1, 0.15) is 23.8 Å². The molecule has 1 aromatic heterocycles. The number of carbonyl (C=O) groups excluding carboxylic acids is 2. The summed E-state index contributed by atoms with van der Waals surface area (Å²) in [4.78, 5) is 27.3. The summed E-state index contributed by atoms with van der Waals surface area (Å²) in [7, 11) is 0. The van der Waals surface area contributed by atoms with Gasteiger partial charge in [0.05, 0.1) is 12.6 Å². The van der Waals surface area contributed by atoms with E-state index in [0.717, 1.165) is 19.4 Å². The molecule has 1 unspecified atom stereocenters. The molecule has 1 aliphatic heterocycles. The Hall–Kier alpha value is -2.34. The molecule has 1 fully saturated rings. The van der Waals surface area contributed by atoms with Crippen molar-refractivity contribution < 1.29 is 14.3 Å². The van der Waals surface area contributed by atoms with Crippen molar-refractivity contribution in [1.29, 1.82) is 0 Å². The molecule has 1 atom stereocenters. The first-order chi connectivity index (χ1) is 11.7. The van der Waals surface area contributed by atoms with Gasteiger partial charge < -0.3 is 15.0 Å². The van der Waals surface area contributed by atoms with Crippen molar-refractivity contribution in [1.82, 2.24) is 10.2 Å². The first-order valence-electron chi connectivity index (χ1n) is 8.01. The highest BCUT2D eigenvalue weighted by Crippen LogP contribution is 2.34. The zero-order valence-corrected chi connectivity index (χ0v) is 14.1. The maximum absolute atomic E-state index is 12.4. The Labute approximate surface area is 145 Å². The number of thiophene rings is 1. The minimum atomic E-state index is -0.293. The number of hydrogen-bond acceptors (Lipinski definition) is 4. The lowest BCUT2D eigenvalue weighted by Crippen LogP contribution is -2.41. The van der Waals surface area contributed by atoms with Gasteiger partial charge in [-0.15, -0.1) is 11.3 Å². The molecule has 1 saturated heterocycles. The molecule has 0 saturated carbocycles. The van der Waals surface area contributed by atoms with E-state index in [1.54, 1.807) is 23.5 Å². The van der Waals surface area contributed by atoms with Crippen LogP contribution in [0.5, 0.6) is 5.75 Å². The standard InChI is InChI=1S/C18H20N2O3S/c21-17(13-23-14-6-2-1-3-7-14)19-12-18(22)20-10-4-8-15(20)16-9-5-11-24-16/h1-3,5-7,9,11,15H,4,8,10,12-13H2,(H,19,21). The monoisotopic (exact) mass is 344 g/mol. The van der Waals surface area contributed by atoms with Crippen molar-refractivity contribution in [3.63, 3.8) is 0 Å². The molecule has 3 rings (SSSR count). The Bertz CT molecular complexity index is 673. The highest BCUT2D eigenvalue weighted by Gasteiger charge is 2.30. The minimum absolute atomic E-state index is 0.0128. The third-order valence-corrected chi connectivity index (χ3v) is 4.97. The summed E-state index contributed by atoms with van der Waals surface area (Å²) in [5.74, 6) is 0.300. The summed E-state index contributed by atoms with van der Waals surface area (Å²) >= 11 is 1.67. The molecule has 126 valence electrons.